The number of nitrogens with zero attached hydrogens (tertiary/aromatic N) is 1. The third-order valence-electron chi connectivity index (χ3n) is 1.14. The van der Waals surface area contributed by atoms with Crippen LogP contribution in [-0.2, 0) is 11.3 Å². The van der Waals surface area contributed by atoms with Crippen LogP contribution in [-0.4, -0.2) is 16.6 Å². The van der Waals surface area contributed by atoms with Gasteiger partial charge in [0.15, 0.2) is 0 Å². The highest BCUT2D eigenvalue weighted by atomic mass is 16.5. The van der Waals surface area contributed by atoms with Crippen LogP contribution in [0.3, 0.4) is 0 Å². The number of nitrogens with one attached hydrogen (secondary N) is 1. The van der Waals surface area contributed by atoms with E-state index in [1.807, 2.05) is 0 Å². The van der Waals surface area contributed by atoms with Crippen molar-refractivity contribution in [3.05, 3.63) is 18.2 Å². The van der Waals surface area contributed by atoms with Crippen molar-refractivity contribution in [3.63, 3.8) is 0 Å². The normalized spacial score (nSPS) is 10.1. The summed E-state index contributed by atoms with van der Waals surface area (Å²) in [5.74, 6) is 0.897. The van der Waals surface area contributed by atoms with Gasteiger partial charge < -0.3 is 9.72 Å². The zero-order valence-corrected chi connectivity index (χ0v) is 6.13. The second-order valence-electron chi connectivity index (χ2n) is 2.09. The molecule has 0 fully saturated rings. The summed E-state index contributed by atoms with van der Waals surface area (Å²) in [6, 6.07) is 0. The van der Waals surface area contributed by atoms with E-state index in [1.54, 1.807) is 12.4 Å². The van der Waals surface area contributed by atoms with Crippen LogP contribution in [0.1, 0.15) is 19.2 Å². The Morgan fingerprint density at radius 1 is 1.70 bits per heavy atom. The lowest BCUT2D eigenvalue weighted by atomic mass is 10.5. The van der Waals surface area contributed by atoms with Crippen molar-refractivity contribution in [1.29, 1.82) is 0 Å². The maximum atomic E-state index is 5.23. The van der Waals surface area contributed by atoms with E-state index < -0.39 is 0 Å². The van der Waals surface area contributed by atoms with Gasteiger partial charge in [0, 0.05) is 19.0 Å². The van der Waals surface area contributed by atoms with E-state index in [2.05, 4.69) is 16.9 Å². The fraction of sp³-hybridized carbons (Fsp3) is 0.571. The standard InChI is InChI=1S/C7H12N2O/c1-2-5-10-6-7-8-3-4-9-7/h3-4H,2,5-6H2,1H3,(H,8,9). The molecule has 0 aliphatic rings. The van der Waals surface area contributed by atoms with Gasteiger partial charge in [-0.3, -0.25) is 0 Å². The molecule has 1 rings (SSSR count). The Bertz CT molecular complexity index is 160. The Kier molecular flexibility index (Phi) is 2.96. The van der Waals surface area contributed by atoms with Crippen molar-refractivity contribution < 1.29 is 4.74 Å². The highest BCUT2D eigenvalue weighted by Crippen LogP contribution is 1.91. The topological polar surface area (TPSA) is 37.9 Å². The molecule has 0 unspecified atom stereocenters. The van der Waals surface area contributed by atoms with Gasteiger partial charge in [-0.05, 0) is 6.42 Å². The number of aromatic amines is 1. The summed E-state index contributed by atoms with van der Waals surface area (Å²) < 4.78 is 5.23. The number of hydrogen-bond acceptors (Lipinski definition) is 2. The van der Waals surface area contributed by atoms with E-state index >= 15 is 0 Å². The molecule has 0 spiro atoms. The summed E-state index contributed by atoms with van der Waals surface area (Å²) >= 11 is 0. The number of aromatic nitrogens is 2. The minimum atomic E-state index is 0.598. The lowest BCUT2D eigenvalue weighted by molar-refractivity contribution is 0.116. The van der Waals surface area contributed by atoms with Gasteiger partial charge in [0.25, 0.3) is 0 Å². The van der Waals surface area contributed by atoms with E-state index in [1.165, 1.54) is 0 Å². The molecule has 1 aromatic rings. The Balaban J connectivity index is 2.15. The molecule has 3 heteroatoms. The number of H-pyrrole nitrogens is 1. The Morgan fingerprint density at radius 2 is 2.60 bits per heavy atom. The van der Waals surface area contributed by atoms with Crippen molar-refractivity contribution >= 4 is 0 Å². The third kappa shape index (κ3) is 2.19. The van der Waals surface area contributed by atoms with Gasteiger partial charge >= 0.3 is 0 Å². The fourth-order valence-electron chi connectivity index (χ4n) is 0.690. The van der Waals surface area contributed by atoms with Crippen LogP contribution >= 0.6 is 0 Å². The monoisotopic (exact) mass is 140 g/mol. The molecule has 0 bridgehead atoms. The van der Waals surface area contributed by atoms with Gasteiger partial charge in [0.05, 0.1) is 0 Å². The molecule has 3 nitrogen and oxygen atoms in total. The Morgan fingerprint density at radius 3 is 3.20 bits per heavy atom. The van der Waals surface area contributed by atoms with Gasteiger partial charge in [0.2, 0.25) is 0 Å². The Labute approximate surface area is 60.4 Å². The van der Waals surface area contributed by atoms with Crippen LogP contribution in [0.15, 0.2) is 12.4 Å². The molecule has 0 saturated carbocycles. The summed E-state index contributed by atoms with van der Waals surface area (Å²) in [6.45, 7) is 3.49. The van der Waals surface area contributed by atoms with Gasteiger partial charge in [-0.15, -0.1) is 0 Å². The summed E-state index contributed by atoms with van der Waals surface area (Å²) in [5.41, 5.74) is 0. The summed E-state index contributed by atoms with van der Waals surface area (Å²) in [4.78, 5) is 6.97. The second kappa shape index (κ2) is 4.06. The summed E-state index contributed by atoms with van der Waals surface area (Å²) in [7, 11) is 0. The lowest BCUT2D eigenvalue weighted by Gasteiger charge is -1.96. The minimum Gasteiger partial charge on any atom is -0.374 e. The quantitative estimate of drug-likeness (QED) is 0.641. The molecule has 0 radical (unpaired) electrons. The number of hydrogen-bond donors (Lipinski definition) is 1. The van der Waals surface area contributed by atoms with Crippen molar-refractivity contribution in [2.75, 3.05) is 6.61 Å². The largest absolute Gasteiger partial charge is 0.374 e. The van der Waals surface area contributed by atoms with E-state index in [9.17, 15) is 0 Å². The maximum absolute atomic E-state index is 5.23. The predicted molar refractivity (Wildman–Crippen MR) is 38.5 cm³/mol. The second-order valence-corrected chi connectivity index (χ2v) is 2.09. The molecule has 1 aromatic heterocycles. The van der Waals surface area contributed by atoms with Crippen molar-refractivity contribution in [2.45, 2.75) is 20.0 Å². The highest BCUT2D eigenvalue weighted by Gasteiger charge is 1.91. The number of imidazole rings is 1. The van der Waals surface area contributed by atoms with Crippen LogP contribution in [0.25, 0.3) is 0 Å². The molecule has 10 heavy (non-hydrogen) atoms. The lowest BCUT2D eigenvalue weighted by Crippen LogP contribution is -1.95. The van der Waals surface area contributed by atoms with E-state index in [-0.39, 0.29) is 0 Å². The van der Waals surface area contributed by atoms with E-state index in [0.717, 1.165) is 18.9 Å². The average molecular weight is 140 g/mol. The third-order valence-corrected chi connectivity index (χ3v) is 1.14. The molecule has 0 aliphatic heterocycles. The molecule has 1 N–H and O–H groups in total. The molecule has 0 aliphatic carbocycles. The summed E-state index contributed by atoms with van der Waals surface area (Å²) in [6.07, 6.45) is 4.58. The molecule has 0 aromatic carbocycles. The van der Waals surface area contributed by atoms with Gasteiger partial charge in [-0.25, -0.2) is 4.98 Å². The van der Waals surface area contributed by atoms with Crippen LogP contribution in [0, 0.1) is 0 Å². The van der Waals surface area contributed by atoms with Crippen molar-refractivity contribution in [3.8, 4) is 0 Å². The Hall–Kier alpha value is -0.830. The van der Waals surface area contributed by atoms with E-state index in [0.29, 0.717) is 6.61 Å². The molecular weight excluding hydrogens is 128 g/mol. The minimum absolute atomic E-state index is 0.598. The average Bonchev–Trinajstić information content (AvgIpc) is 2.41. The highest BCUT2D eigenvalue weighted by molar-refractivity contribution is 4.83. The smallest absolute Gasteiger partial charge is 0.132 e. The molecule has 56 valence electrons. The zero-order valence-electron chi connectivity index (χ0n) is 6.13. The SMILES string of the molecule is CCCOCc1ncc[nH]1. The first-order chi connectivity index (χ1) is 4.93. The number of rotatable bonds is 4. The van der Waals surface area contributed by atoms with Gasteiger partial charge in [-0.2, -0.15) is 0 Å². The molecule has 0 saturated heterocycles. The maximum Gasteiger partial charge on any atom is 0.132 e. The van der Waals surface area contributed by atoms with Crippen molar-refractivity contribution in [1.82, 2.24) is 9.97 Å². The van der Waals surface area contributed by atoms with Crippen LogP contribution in [0.5, 0.6) is 0 Å². The van der Waals surface area contributed by atoms with Crippen LogP contribution in [0.2, 0.25) is 0 Å². The van der Waals surface area contributed by atoms with E-state index in [4.69, 9.17) is 4.74 Å². The first-order valence-corrected chi connectivity index (χ1v) is 3.49. The first-order valence-electron chi connectivity index (χ1n) is 3.49. The summed E-state index contributed by atoms with van der Waals surface area (Å²) in [5, 5.41) is 0. The van der Waals surface area contributed by atoms with Gasteiger partial charge in [-0.1, -0.05) is 6.92 Å². The van der Waals surface area contributed by atoms with Crippen LogP contribution < -0.4 is 0 Å². The van der Waals surface area contributed by atoms with Crippen molar-refractivity contribution in [2.24, 2.45) is 0 Å². The number of ether oxygens (including phenoxy) is 1. The first kappa shape index (κ1) is 7.28. The van der Waals surface area contributed by atoms with Gasteiger partial charge in [0.1, 0.15) is 12.4 Å². The molecule has 0 amide bonds. The fourth-order valence-corrected chi connectivity index (χ4v) is 0.690. The van der Waals surface area contributed by atoms with Crippen LogP contribution in [0.4, 0.5) is 0 Å². The molecule has 1 heterocycles. The molecular formula is C7H12N2O. The zero-order chi connectivity index (χ0) is 7.23. The predicted octanol–water partition coefficient (Wildman–Crippen LogP) is 1.34. The molecule has 0 atom stereocenters.